The number of fused-ring (bicyclic) bond motifs is 1. The molecule has 0 saturated carbocycles. The zero-order valence-electron chi connectivity index (χ0n) is 13.2. The third-order valence-electron chi connectivity index (χ3n) is 4.74. The highest BCUT2D eigenvalue weighted by Crippen LogP contribution is 2.36. The lowest BCUT2D eigenvalue weighted by Crippen LogP contribution is -2.51. The number of piperidine rings is 1. The van der Waals surface area contributed by atoms with Gasteiger partial charge in [0.1, 0.15) is 12.1 Å². The van der Waals surface area contributed by atoms with E-state index in [4.69, 9.17) is 0 Å². The smallest absolute Gasteiger partial charge is 0.331 e. The summed E-state index contributed by atoms with van der Waals surface area (Å²) in [4.78, 5) is 22.9. The molecule has 8 heteroatoms. The lowest BCUT2D eigenvalue weighted by Gasteiger charge is -2.39. The molecular weight excluding hydrogens is 326 g/mol. The molecule has 0 bridgehead atoms. The molecule has 0 radical (unpaired) electrons. The molecule has 7 nitrogen and oxygen atoms in total. The highest BCUT2D eigenvalue weighted by Gasteiger charge is 2.44. The molecule has 0 atom stereocenters. The monoisotopic (exact) mass is 343 g/mol. The van der Waals surface area contributed by atoms with Crippen molar-refractivity contribution < 1.29 is 9.90 Å². The molecule has 4 heterocycles. The summed E-state index contributed by atoms with van der Waals surface area (Å²) >= 11 is 1.64. The van der Waals surface area contributed by atoms with E-state index in [0.29, 0.717) is 25.9 Å². The van der Waals surface area contributed by atoms with Crippen molar-refractivity contribution in [3.05, 3.63) is 35.7 Å². The summed E-state index contributed by atoms with van der Waals surface area (Å²) in [7, 11) is 0. The van der Waals surface area contributed by atoms with E-state index in [1.54, 1.807) is 40.8 Å². The summed E-state index contributed by atoms with van der Waals surface area (Å²) in [6, 6.07) is 1.76. The Morgan fingerprint density at radius 1 is 1.33 bits per heavy atom. The predicted octanol–water partition coefficient (Wildman–Crippen LogP) is 2.28. The van der Waals surface area contributed by atoms with E-state index >= 15 is 0 Å². The molecule has 1 fully saturated rings. The first-order valence-corrected chi connectivity index (χ1v) is 8.67. The number of carboxylic acid groups (broad SMARTS) is 1. The van der Waals surface area contributed by atoms with Crippen LogP contribution in [0.2, 0.25) is 0 Å². The van der Waals surface area contributed by atoms with Gasteiger partial charge in [-0.1, -0.05) is 0 Å². The van der Waals surface area contributed by atoms with Crippen LogP contribution in [-0.2, 0) is 10.3 Å². The Bertz CT molecular complexity index is 881. The van der Waals surface area contributed by atoms with Gasteiger partial charge in [-0.2, -0.15) is 5.10 Å². The third-order valence-corrected chi connectivity index (χ3v) is 5.83. The summed E-state index contributed by atoms with van der Waals surface area (Å²) in [5.41, 5.74) is 1.15. The quantitative estimate of drug-likeness (QED) is 0.785. The summed E-state index contributed by atoms with van der Waals surface area (Å²) in [6.45, 7) is 3.28. The molecule has 1 saturated heterocycles. The number of rotatable bonds is 3. The van der Waals surface area contributed by atoms with Crippen LogP contribution < -0.4 is 4.90 Å². The SMILES string of the molecule is Cc1csc2c(N3CCC(C(=O)O)(n4cccn4)CC3)ncnc12. The lowest BCUT2D eigenvalue weighted by atomic mass is 9.87. The average Bonchev–Trinajstić information content (AvgIpc) is 3.25. The van der Waals surface area contributed by atoms with Crippen LogP contribution >= 0.6 is 11.3 Å². The Morgan fingerprint density at radius 3 is 2.79 bits per heavy atom. The Morgan fingerprint density at radius 2 is 2.12 bits per heavy atom. The number of thiophene rings is 1. The number of nitrogens with zero attached hydrogens (tertiary/aromatic N) is 5. The van der Waals surface area contributed by atoms with E-state index in [-0.39, 0.29) is 0 Å². The lowest BCUT2D eigenvalue weighted by molar-refractivity contribution is -0.149. The van der Waals surface area contributed by atoms with Crippen LogP contribution in [0, 0.1) is 6.92 Å². The molecular formula is C16H17N5O2S. The summed E-state index contributed by atoms with van der Waals surface area (Å²) in [5, 5.41) is 16.0. The molecule has 124 valence electrons. The number of carbonyl (C=O) groups is 1. The molecule has 24 heavy (non-hydrogen) atoms. The van der Waals surface area contributed by atoms with Crippen LogP contribution in [0.5, 0.6) is 0 Å². The minimum absolute atomic E-state index is 0.486. The van der Waals surface area contributed by atoms with Crippen LogP contribution in [-0.4, -0.2) is 43.9 Å². The Kier molecular flexibility index (Phi) is 3.49. The topological polar surface area (TPSA) is 84.1 Å². The molecule has 3 aromatic rings. The van der Waals surface area contributed by atoms with Crippen molar-refractivity contribution in [2.45, 2.75) is 25.3 Å². The van der Waals surface area contributed by atoms with Gasteiger partial charge in [-0.25, -0.2) is 14.8 Å². The fraction of sp³-hybridized carbons (Fsp3) is 0.375. The molecule has 0 unspecified atom stereocenters. The van der Waals surface area contributed by atoms with Crippen molar-refractivity contribution in [3.8, 4) is 0 Å². The second kappa shape index (κ2) is 5.55. The van der Waals surface area contributed by atoms with Gasteiger partial charge in [0, 0.05) is 38.3 Å². The van der Waals surface area contributed by atoms with Gasteiger partial charge in [0.15, 0.2) is 5.54 Å². The van der Waals surface area contributed by atoms with Crippen LogP contribution in [0.1, 0.15) is 18.4 Å². The van der Waals surface area contributed by atoms with Gasteiger partial charge in [0.2, 0.25) is 0 Å². The minimum atomic E-state index is -0.975. The van der Waals surface area contributed by atoms with Gasteiger partial charge in [-0.15, -0.1) is 11.3 Å². The molecule has 3 aromatic heterocycles. The van der Waals surface area contributed by atoms with Gasteiger partial charge >= 0.3 is 5.97 Å². The predicted molar refractivity (Wildman–Crippen MR) is 91.4 cm³/mol. The second-order valence-corrected chi connectivity index (χ2v) is 6.95. The van der Waals surface area contributed by atoms with Crippen LogP contribution in [0.4, 0.5) is 5.82 Å². The molecule has 1 N–H and O–H groups in total. The molecule has 4 rings (SSSR count). The highest BCUT2D eigenvalue weighted by atomic mass is 32.1. The van der Waals surface area contributed by atoms with Crippen molar-refractivity contribution >= 4 is 33.3 Å². The standard InChI is InChI=1S/C16H17N5O2S/c1-11-9-24-13-12(11)17-10-18-14(13)20-7-3-16(4-8-20,15(22)23)21-6-2-5-19-21/h2,5-6,9-10H,3-4,7-8H2,1H3,(H,22,23). The van der Waals surface area contributed by atoms with Gasteiger partial charge in [-0.05, 0) is 23.9 Å². The summed E-state index contributed by atoms with van der Waals surface area (Å²) in [5.74, 6) is 0.0724. The first kappa shape index (κ1) is 15.1. The molecule has 1 aliphatic rings. The van der Waals surface area contributed by atoms with Crippen molar-refractivity contribution in [1.82, 2.24) is 19.7 Å². The van der Waals surface area contributed by atoms with E-state index in [2.05, 4.69) is 25.3 Å². The highest BCUT2D eigenvalue weighted by molar-refractivity contribution is 7.18. The maximum Gasteiger partial charge on any atom is 0.331 e. The Labute approximate surface area is 142 Å². The van der Waals surface area contributed by atoms with Gasteiger partial charge in [0.05, 0.1) is 10.2 Å². The van der Waals surface area contributed by atoms with E-state index in [1.807, 2.05) is 6.92 Å². The fourth-order valence-corrected chi connectivity index (χ4v) is 4.35. The number of carboxylic acids is 1. The van der Waals surface area contributed by atoms with Crippen molar-refractivity contribution in [2.75, 3.05) is 18.0 Å². The third kappa shape index (κ3) is 2.17. The average molecular weight is 343 g/mol. The van der Waals surface area contributed by atoms with Crippen LogP contribution in [0.15, 0.2) is 30.2 Å². The van der Waals surface area contributed by atoms with Gasteiger partial charge in [0.25, 0.3) is 0 Å². The molecule has 1 aliphatic heterocycles. The van der Waals surface area contributed by atoms with Crippen molar-refractivity contribution in [2.24, 2.45) is 0 Å². The zero-order valence-corrected chi connectivity index (χ0v) is 14.0. The number of hydrogen-bond donors (Lipinski definition) is 1. The van der Waals surface area contributed by atoms with E-state index in [9.17, 15) is 9.90 Å². The summed E-state index contributed by atoms with van der Waals surface area (Å²) < 4.78 is 2.65. The van der Waals surface area contributed by atoms with Crippen LogP contribution in [0.3, 0.4) is 0 Å². The van der Waals surface area contributed by atoms with E-state index in [1.165, 1.54) is 0 Å². The summed E-state index contributed by atoms with van der Waals surface area (Å²) in [6.07, 6.45) is 5.92. The zero-order chi connectivity index (χ0) is 16.7. The number of aryl methyl sites for hydroxylation is 1. The maximum absolute atomic E-state index is 11.9. The van der Waals surface area contributed by atoms with Crippen molar-refractivity contribution in [1.29, 1.82) is 0 Å². The van der Waals surface area contributed by atoms with Crippen LogP contribution in [0.25, 0.3) is 10.2 Å². The largest absolute Gasteiger partial charge is 0.479 e. The van der Waals surface area contributed by atoms with E-state index in [0.717, 1.165) is 21.6 Å². The maximum atomic E-state index is 11.9. The molecule has 0 amide bonds. The first-order valence-electron chi connectivity index (χ1n) is 7.79. The Hall–Kier alpha value is -2.48. The Balaban J connectivity index is 1.65. The fourth-order valence-electron chi connectivity index (χ4n) is 3.33. The van der Waals surface area contributed by atoms with E-state index < -0.39 is 11.5 Å². The molecule has 0 spiro atoms. The molecule has 0 aromatic carbocycles. The molecule has 0 aliphatic carbocycles. The van der Waals surface area contributed by atoms with Crippen molar-refractivity contribution in [3.63, 3.8) is 0 Å². The first-order chi connectivity index (χ1) is 11.6. The normalized spacial score (nSPS) is 17.3. The number of aliphatic carboxylic acids is 1. The number of aromatic nitrogens is 4. The minimum Gasteiger partial charge on any atom is -0.479 e. The van der Waals surface area contributed by atoms with Gasteiger partial charge in [-0.3, -0.25) is 4.68 Å². The second-order valence-electron chi connectivity index (χ2n) is 6.07. The number of anilines is 1. The number of hydrogen-bond acceptors (Lipinski definition) is 6. The van der Waals surface area contributed by atoms with Gasteiger partial charge < -0.3 is 10.0 Å².